The minimum absolute atomic E-state index is 0.222. The van der Waals surface area contributed by atoms with Gasteiger partial charge < -0.3 is 23.7 Å². The zero-order valence-electron chi connectivity index (χ0n) is 26.6. The van der Waals surface area contributed by atoms with Crippen LogP contribution in [0.3, 0.4) is 0 Å². The van der Waals surface area contributed by atoms with Crippen LogP contribution in [0.5, 0.6) is 0 Å². The van der Waals surface area contributed by atoms with Gasteiger partial charge in [-0.05, 0) is 60.7 Å². The van der Waals surface area contributed by atoms with E-state index in [4.69, 9.17) is 23.7 Å². The third-order valence-electron chi connectivity index (χ3n) is 7.73. The van der Waals surface area contributed by atoms with Crippen molar-refractivity contribution >= 4 is 35.6 Å². The lowest BCUT2D eigenvalue weighted by Gasteiger charge is -2.44. The molecule has 1 unspecified atom stereocenters. The van der Waals surface area contributed by atoms with E-state index in [0.717, 1.165) is 4.90 Å². The highest BCUT2D eigenvalue weighted by Gasteiger charge is 2.53. The predicted molar refractivity (Wildman–Crippen MR) is 185 cm³/mol. The molecule has 5 aromatic rings. The Morgan fingerprint density at radius 1 is 0.460 bits per heavy atom. The molecule has 10 heteroatoms. The monoisotopic (exact) mass is 688 g/mol. The van der Waals surface area contributed by atoms with Gasteiger partial charge in [-0.2, -0.15) is 0 Å². The summed E-state index contributed by atoms with van der Waals surface area (Å²) in [5.74, 6) is -2.84. The van der Waals surface area contributed by atoms with Crippen molar-refractivity contribution in [1.82, 2.24) is 0 Å². The molecule has 0 aromatic heterocycles. The van der Waals surface area contributed by atoms with Gasteiger partial charge in [0.25, 0.3) is 0 Å². The molecule has 0 amide bonds. The second-order valence-corrected chi connectivity index (χ2v) is 12.3. The number of esters is 4. The molecule has 1 heterocycles. The minimum atomic E-state index is -1.40. The van der Waals surface area contributed by atoms with Gasteiger partial charge in [0.2, 0.25) is 0 Å². The van der Waals surface area contributed by atoms with Gasteiger partial charge in [-0.25, -0.2) is 19.2 Å². The molecule has 0 aliphatic carbocycles. The maximum absolute atomic E-state index is 13.7. The van der Waals surface area contributed by atoms with Gasteiger partial charge in [0.1, 0.15) is 18.1 Å². The molecule has 0 radical (unpaired) electrons. The Bertz CT molecular complexity index is 1870. The van der Waals surface area contributed by atoms with Gasteiger partial charge in [-0.1, -0.05) is 103 Å². The summed E-state index contributed by atoms with van der Waals surface area (Å²) >= 11 is 1.22. The van der Waals surface area contributed by atoms with Crippen molar-refractivity contribution < 1.29 is 42.9 Å². The molecule has 252 valence electrons. The van der Waals surface area contributed by atoms with Gasteiger partial charge in [-0.15, -0.1) is 0 Å². The summed E-state index contributed by atoms with van der Waals surface area (Å²) in [5.41, 5.74) is -0.0106. The Kier molecular flexibility index (Phi) is 11.3. The fourth-order valence-corrected chi connectivity index (χ4v) is 6.38. The summed E-state index contributed by atoms with van der Waals surface area (Å²) in [4.78, 5) is 54.7. The predicted octanol–water partition coefficient (Wildman–Crippen LogP) is 7.04. The highest BCUT2D eigenvalue weighted by molar-refractivity contribution is 7.99. The van der Waals surface area contributed by atoms with Crippen LogP contribution >= 0.6 is 11.8 Å². The average molecular weight is 689 g/mol. The second-order valence-electron chi connectivity index (χ2n) is 11.1. The molecule has 0 spiro atoms. The Morgan fingerprint density at radius 2 is 0.820 bits per heavy atom. The Labute approximate surface area is 293 Å². The van der Waals surface area contributed by atoms with E-state index < -0.39 is 53.7 Å². The van der Waals surface area contributed by atoms with Crippen LogP contribution in [0.15, 0.2) is 157 Å². The smallest absolute Gasteiger partial charge is 0.338 e. The van der Waals surface area contributed by atoms with Crippen molar-refractivity contribution in [3.05, 3.63) is 174 Å². The Morgan fingerprint density at radius 3 is 1.26 bits per heavy atom. The fourth-order valence-electron chi connectivity index (χ4n) is 5.26. The Balaban J connectivity index is 1.41. The van der Waals surface area contributed by atoms with Crippen LogP contribution in [0, 0.1) is 0 Å². The van der Waals surface area contributed by atoms with Crippen LogP contribution in [0.2, 0.25) is 0 Å². The van der Waals surface area contributed by atoms with E-state index in [1.54, 1.807) is 121 Å². The highest BCUT2D eigenvalue weighted by Crippen LogP contribution is 2.38. The first-order valence-electron chi connectivity index (χ1n) is 15.8. The number of thioether (sulfide) groups is 1. The molecule has 9 nitrogen and oxygen atoms in total. The molecular weight excluding hydrogens is 656 g/mol. The van der Waals surface area contributed by atoms with E-state index in [2.05, 4.69) is 0 Å². The quantitative estimate of drug-likeness (QED) is 0.106. The summed E-state index contributed by atoms with van der Waals surface area (Å²) in [6.45, 7) is -0.384. The van der Waals surface area contributed by atoms with Crippen LogP contribution in [-0.4, -0.2) is 60.3 Å². The van der Waals surface area contributed by atoms with E-state index in [9.17, 15) is 19.2 Å². The normalized spacial score (nSPS) is 19.8. The number of carbonyl (C=O) groups excluding carboxylic acids is 4. The molecule has 5 aromatic carbocycles. The van der Waals surface area contributed by atoms with E-state index in [1.165, 1.54) is 11.8 Å². The molecule has 0 bridgehead atoms. The van der Waals surface area contributed by atoms with Gasteiger partial charge in [0.15, 0.2) is 18.3 Å². The molecule has 5 atom stereocenters. The molecule has 1 saturated heterocycles. The summed E-state index contributed by atoms with van der Waals surface area (Å²) in [5, 5.41) is 0. The van der Waals surface area contributed by atoms with Gasteiger partial charge in [-0.3, -0.25) is 0 Å². The van der Waals surface area contributed by atoms with Crippen molar-refractivity contribution in [3.63, 3.8) is 0 Å². The Hall–Kier alpha value is -5.71. The van der Waals surface area contributed by atoms with Gasteiger partial charge in [0, 0.05) is 4.90 Å². The van der Waals surface area contributed by atoms with Crippen molar-refractivity contribution in [2.75, 3.05) is 6.61 Å². The fraction of sp³-hybridized carbons (Fsp3) is 0.150. The number of benzene rings is 5. The van der Waals surface area contributed by atoms with E-state index >= 15 is 0 Å². The number of ether oxygens (including phenoxy) is 5. The van der Waals surface area contributed by atoms with Crippen LogP contribution in [0.25, 0.3) is 0 Å². The van der Waals surface area contributed by atoms with Crippen LogP contribution < -0.4 is 0 Å². The molecule has 6 rings (SSSR count). The van der Waals surface area contributed by atoms with Crippen molar-refractivity contribution in [2.24, 2.45) is 0 Å². The molecule has 0 saturated carbocycles. The summed E-state index contributed by atoms with van der Waals surface area (Å²) < 4.78 is 30.5. The molecular formula is C40H32O9S. The average Bonchev–Trinajstić information content (AvgIpc) is 3.17. The SMILES string of the molecule is O=C(OC[C@H]1OC(Sc2ccccc2)[C@@H](OC(=O)c2ccccc2)[C@@H](OC(=O)c2ccccc2)[C@@H]1OC(=O)c1ccccc1)c1ccccc1. The van der Waals surface area contributed by atoms with Gasteiger partial charge in [0.05, 0.1) is 22.3 Å². The lowest BCUT2D eigenvalue weighted by atomic mass is 9.98. The lowest BCUT2D eigenvalue weighted by Crippen LogP contribution is -2.61. The van der Waals surface area contributed by atoms with E-state index in [0.29, 0.717) is 5.56 Å². The van der Waals surface area contributed by atoms with Crippen LogP contribution in [-0.2, 0) is 23.7 Å². The third kappa shape index (κ3) is 8.65. The van der Waals surface area contributed by atoms with Crippen molar-refractivity contribution in [2.45, 2.75) is 34.7 Å². The first kappa shape index (κ1) is 34.2. The number of carbonyl (C=O) groups is 4. The van der Waals surface area contributed by atoms with Crippen molar-refractivity contribution in [3.8, 4) is 0 Å². The molecule has 50 heavy (non-hydrogen) atoms. The number of hydrogen-bond donors (Lipinski definition) is 0. The molecule has 1 aliphatic heterocycles. The first-order valence-corrected chi connectivity index (χ1v) is 16.7. The molecule has 1 aliphatic rings. The zero-order valence-corrected chi connectivity index (χ0v) is 27.4. The lowest BCUT2D eigenvalue weighted by molar-refractivity contribution is -0.207. The first-order chi connectivity index (χ1) is 24.5. The van der Waals surface area contributed by atoms with Crippen LogP contribution in [0.4, 0.5) is 0 Å². The second kappa shape index (κ2) is 16.6. The van der Waals surface area contributed by atoms with Crippen LogP contribution in [0.1, 0.15) is 41.4 Å². The molecule has 0 N–H and O–H groups in total. The van der Waals surface area contributed by atoms with E-state index in [1.807, 2.05) is 30.3 Å². The van der Waals surface area contributed by atoms with Gasteiger partial charge >= 0.3 is 23.9 Å². The summed E-state index contributed by atoms with van der Waals surface area (Å²) in [6.07, 6.45) is -5.24. The minimum Gasteiger partial charge on any atom is -0.459 e. The molecule has 1 fully saturated rings. The summed E-state index contributed by atoms with van der Waals surface area (Å²) in [6, 6.07) is 42.5. The van der Waals surface area contributed by atoms with E-state index in [-0.39, 0.29) is 23.3 Å². The maximum atomic E-state index is 13.7. The number of hydrogen-bond acceptors (Lipinski definition) is 10. The number of rotatable bonds is 11. The highest BCUT2D eigenvalue weighted by atomic mass is 32.2. The largest absolute Gasteiger partial charge is 0.459 e. The topological polar surface area (TPSA) is 114 Å². The maximum Gasteiger partial charge on any atom is 0.338 e. The summed E-state index contributed by atoms with van der Waals surface area (Å²) in [7, 11) is 0. The third-order valence-corrected chi connectivity index (χ3v) is 8.89. The zero-order chi connectivity index (χ0) is 34.7. The standard InChI is InChI=1S/C40H32O9S/c41-36(27-16-6-1-7-17-27)45-26-32-33(47-37(42)28-18-8-2-9-19-28)34(48-38(43)29-20-10-3-11-21-29)35(49-39(44)30-22-12-4-13-23-30)40(46-32)50-31-24-14-5-15-25-31/h1-25,32-35,40H,26H2/t32-,33-,34+,35+,40?/m1/s1. The van der Waals surface area contributed by atoms with Crippen molar-refractivity contribution in [1.29, 1.82) is 0 Å².